The molecule has 2 N–H and O–H groups in total. The van der Waals surface area contributed by atoms with Crippen LogP contribution in [0, 0.1) is 0 Å². The number of rotatable bonds is 5. The number of aromatic nitrogens is 1. The van der Waals surface area contributed by atoms with Gasteiger partial charge in [0.15, 0.2) is 16.4 Å². The van der Waals surface area contributed by atoms with E-state index in [4.69, 9.17) is 0 Å². The summed E-state index contributed by atoms with van der Waals surface area (Å²) in [6.07, 6.45) is 2.43. The maximum atomic E-state index is 13.3. The van der Waals surface area contributed by atoms with E-state index in [-0.39, 0.29) is 23.5 Å². The van der Waals surface area contributed by atoms with E-state index in [9.17, 15) is 13.2 Å². The lowest BCUT2D eigenvalue weighted by atomic mass is 10.1. The van der Waals surface area contributed by atoms with E-state index in [1.54, 1.807) is 4.90 Å². The third kappa shape index (κ3) is 4.76. The molecule has 0 radical (unpaired) electrons. The molecule has 2 aliphatic rings. The number of benzene rings is 1. The molecule has 0 saturated carbocycles. The number of nitrogens with one attached hydrogen (secondary N) is 2. The van der Waals surface area contributed by atoms with E-state index < -0.39 is 9.84 Å². The first kappa shape index (κ1) is 19.8. The zero-order chi connectivity index (χ0) is 20.3. The standard InChI is InChI=1S/C21H26N4O3S/c26-21(16-23-11-13-24(14-12-23)20-8-4-5-10-22-20)25(18-6-2-1-3-7-18)19-9-15-29(27,28)17-19/h1-8,10,19H,9,11-17H2/p+2/t19-/m0/s1. The number of quaternary nitrogens is 1. The lowest BCUT2D eigenvalue weighted by molar-refractivity contribution is -0.892. The van der Waals surface area contributed by atoms with Crippen molar-refractivity contribution < 1.29 is 23.1 Å². The molecular weight excluding hydrogens is 388 g/mol. The second-order valence-corrected chi connectivity index (χ2v) is 10.0. The van der Waals surface area contributed by atoms with Crippen LogP contribution in [-0.2, 0) is 14.6 Å². The van der Waals surface area contributed by atoms with Gasteiger partial charge in [0.2, 0.25) is 0 Å². The Morgan fingerprint density at radius 3 is 2.45 bits per heavy atom. The van der Waals surface area contributed by atoms with E-state index in [1.807, 2.05) is 48.7 Å². The van der Waals surface area contributed by atoms with Crippen LogP contribution in [0.25, 0.3) is 0 Å². The van der Waals surface area contributed by atoms with Gasteiger partial charge in [0, 0.05) is 11.8 Å². The number of amides is 1. The summed E-state index contributed by atoms with van der Waals surface area (Å²) in [4.78, 5) is 21.8. The van der Waals surface area contributed by atoms with Crippen molar-refractivity contribution in [1.82, 2.24) is 0 Å². The number of nitrogens with zero attached hydrogens (tertiary/aromatic N) is 2. The van der Waals surface area contributed by atoms with Crippen LogP contribution in [0.3, 0.4) is 0 Å². The SMILES string of the molecule is O=C(C[NH+]1CCN(c2cccc[nH+]2)CC1)N(c1ccccc1)[C@H]1CCS(=O)(=O)C1. The molecule has 2 saturated heterocycles. The summed E-state index contributed by atoms with van der Waals surface area (Å²) >= 11 is 0. The number of carbonyl (C=O) groups excluding carboxylic acids is 1. The van der Waals surface area contributed by atoms with E-state index in [1.165, 1.54) is 4.90 Å². The molecule has 2 fully saturated rings. The van der Waals surface area contributed by atoms with Crippen LogP contribution >= 0.6 is 0 Å². The van der Waals surface area contributed by atoms with E-state index in [0.717, 1.165) is 37.7 Å². The Morgan fingerprint density at radius 2 is 1.83 bits per heavy atom. The van der Waals surface area contributed by atoms with Crippen molar-refractivity contribution in [3.05, 3.63) is 54.7 Å². The molecule has 1 atom stereocenters. The summed E-state index contributed by atoms with van der Waals surface area (Å²) in [7, 11) is -3.06. The van der Waals surface area contributed by atoms with Crippen LogP contribution in [0.5, 0.6) is 0 Å². The first-order valence-electron chi connectivity index (χ1n) is 10.1. The molecule has 2 aromatic rings. The van der Waals surface area contributed by atoms with Crippen molar-refractivity contribution in [2.24, 2.45) is 0 Å². The number of H-pyrrole nitrogens is 1. The second kappa shape index (κ2) is 8.51. The summed E-state index contributed by atoms with van der Waals surface area (Å²) in [6.45, 7) is 3.90. The highest BCUT2D eigenvalue weighted by atomic mass is 32.2. The molecule has 29 heavy (non-hydrogen) atoms. The number of aromatic amines is 1. The zero-order valence-corrected chi connectivity index (χ0v) is 17.3. The van der Waals surface area contributed by atoms with Crippen LogP contribution in [0.2, 0.25) is 0 Å². The highest BCUT2D eigenvalue weighted by molar-refractivity contribution is 7.91. The van der Waals surface area contributed by atoms with Crippen molar-refractivity contribution in [2.45, 2.75) is 12.5 Å². The molecule has 1 aromatic carbocycles. The van der Waals surface area contributed by atoms with Gasteiger partial charge in [-0.05, 0) is 24.6 Å². The quantitative estimate of drug-likeness (QED) is 0.708. The van der Waals surface area contributed by atoms with Gasteiger partial charge in [-0.3, -0.25) is 9.69 Å². The largest absolute Gasteiger partial charge is 0.321 e. The molecule has 2 aliphatic heterocycles. The average molecular weight is 417 g/mol. The van der Waals surface area contributed by atoms with Crippen molar-refractivity contribution in [1.29, 1.82) is 0 Å². The van der Waals surface area contributed by atoms with Gasteiger partial charge in [-0.2, -0.15) is 0 Å². The van der Waals surface area contributed by atoms with Crippen LogP contribution in [0.4, 0.5) is 11.5 Å². The van der Waals surface area contributed by atoms with Gasteiger partial charge in [0.25, 0.3) is 11.7 Å². The first-order valence-corrected chi connectivity index (χ1v) is 12.0. The highest BCUT2D eigenvalue weighted by Gasteiger charge is 2.37. The first-order chi connectivity index (χ1) is 14.0. The van der Waals surface area contributed by atoms with Crippen molar-refractivity contribution in [3.8, 4) is 0 Å². The number of para-hydroxylation sites is 1. The van der Waals surface area contributed by atoms with Gasteiger partial charge in [0.1, 0.15) is 26.2 Å². The Morgan fingerprint density at radius 1 is 1.10 bits per heavy atom. The summed E-state index contributed by atoms with van der Waals surface area (Å²) in [5, 5.41) is 0. The molecule has 3 heterocycles. The van der Waals surface area contributed by atoms with Gasteiger partial charge < -0.3 is 9.80 Å². The Bertz CT molecular complexity index is 929. The zero-order valence-electron chi connectivity index (χ0n) is 16.5. The molecule has 4 rings (SSSR count). The number of piperazine rings is 1. The molecule has 1 aromatic heterocycles. The van der Waals surface area contributed by atoms with Crippen LogP contribution in [0.15, 0.2) is 54.7 Å². The fourth-order valence-corrected chi connectivity index (χ4v) is 5.95. The molecule has 7 nitrogen and oxygen atoms in total. The van der Waals surface area contributed by atoms with Gasteiger partial charge in [-0.25, -0.2) is 13.4 Å². The Hall–Kier alpha value is -2.45. The van der Waals surface area contributed by atoms with Gasteiger partial charge >= 0.3 is 0 Å². The van der Waals surface area contributed by atoms with E-state index in [2.05, 4.69) is 16.0 Å². The van der Waals surface area contributed by atoms with Crippen molar-refractivity contribution in [3.63, 3.8) is 0 Å². The molecular formula is C21H28N4O3S+2. The monoisotopic (exact) mass is 416 g/mol. The highest BCUT2D eigenvalue weighted by Crippen LogP contribution is 2.24. The Kier molecular flexibility index (Phi) is 5.82. The third-order valence-corrected chi connectivity index (χ3v) is 7.53. The fourth-order valence-electron chi connectivity index (χ4n) is 4.25. The van der Waals surface area contributed by atoms with Crippen LogP contribution in [0.1, 0.15) is 6.42 Å². The summed E-state index contributed by atoms with van der Waals surface area (Å²) in [6, 6.07) is 15.2. The molecule has 0 spiro atoms. The molecule has 0 aliphatic carbocycles. The maximum Gasteiger partial charge on any atom is 0.282 e. The summed E-state index contributed by atoms with van der Waals surface area (Å²) in [5.74, 6) is 1.32. The Balaban J connectivity index is 1.42. The van der Waals surface area contributed by atoms with Crippen molar-refractivity contribution >= 4 is 27.2 Å². The number of carbonyl (C=O) groups is 1. The molecule has 8 heteroatoms. The van der Waals surface area contributed by atoms with Gasteiger partial charge in [-0.1, -0.05) is 24.3 Å². The third-order valence-electron chi connectivity index (χ3n) is 5.78. The van der Waals surface area contributed by atoms with Crippen LogP contribution in [-0.4, -0.2) is 64.6 Å². The minimum Gasteiger partial charge on any atom is -0.321 e. The Labute approximate surface area is 171 Å². The number of sulfone groups is 1. The topological polar surface area (TPSA) is 76.3 Å². The minimum atomic E-state index is -3.06. The predicted octanol–water partition coefficient (Wildman–Crippen LogP) is -0.574. The smallest absolute Gasteiger partial charge is 0.282 e. The number of pyridine rings is 1. The molecule has 0 bridgehead atoms. The lowest BCUT2D eigenvalue weighted by Crippen LogP contribution is -3.16. The van der Waals surface area contributed by atoms with Gasteiger partial charge in [-0.15, -0.1) is 0 Å². The van der Waals surface area contributed by atoms with E-state index in [0.29, 0.717) is 13.0 Å². The number of anilines is 2. The molecule has 1 amide bonds. The van der Waals surface area contributed by atoms with Gasteiger partial charge in [0.05, 0.1) is 23.7 Å². The molecule has 154 valence electrons. The fraction of sp³-hybridized carbons (Fsp3) is 0.429. The lowest BCUT2D eigenvalue weighted by Gasteiger charge is -2.32. The summed E-state index contributed by atoms with van der Waals surface area (Å²) in [5.41, 5.74) is 0.788. The predicted molar refractivity (Wildman–Crippen MR) is 112 cm³/mol. The van der Waals surface area contributed by atoms with Crippen LogP contribution < -0.4 is 19.7 Å². The second-order valence-electron chi connectivity index (χ2n) is 7.82. The van der Waals surface area contributed by atoms with E-state index >= 15 is 0 Å². The molecule has 0 unspecified atom stereocenters. The number of hydrogen-bond donors (Lipinski definition) is 1. The van der Waals surface area contributed by atoms with Crippen molar-refractivity contribution in [2.75, 3.05) is 54.0 Å². The summed E-state index contributed by atoms with van der Waals surface area (Å²) < 4.78 is 24.0. The maximum absolute atomic E-state index is 13.3. The average Bonchev–Trinajstić information content (AvgIpc) is 3.09. The number of hydrogen-bond acceptors (Lipinski definition) is 4. The normalized spacial score (nSPS) is 21.8. The minimum absolute atomic E-state index is 0.00743.